The smallest absolute Gasteiger partial charge is 0.0781 e. The minimum Gasteiger partial charge on any atom is -0.389 e. The summed E-state index contributed by atoms with van der Waals surface area (Å²) in [5, 5.41) is 11.0. The summed E-state index contributed by atoms with van der Waals surface area (Å²) in [4.78, 5) is 0. The van der Waals surface area contributed by atoms with Gasteiger partial charge in [-0.25, -0.2) is 5.84 Å². The van der Waals surface area contributed by atoms with Crippen molar-refractivity contribution in [3.63, 3.8) is 0 Å². The largest absolute Gasteiger partial charge is 0.389 e. The van der Waals surface area contributed by atoms with Crippen molar-refractivity contribution in [2.75, 3.05) is 6.54 Å². The van der Waals surface area contributed by atoms with Crippen molar-refractivity contribution in [2.45, 2.75) is 39.7 Å². The Morgan fingerprint density at radius 2 is 2.14 bits per heavy atom. The van der Waals surface area contributed by atoms with Crippen LogP contribution in [0.25, 0.3) is 0 Å². The first-order chi connectivity index (χ1) is 6.26. The van der Waals surface area contributed by atoms with E-state index >= 15 is 0 Å². The molecule has 0 aliphatic heterocycles. The van der Waals surface area contributed by atoms with Crippen LogP contribution in [-0.2, 0) is 0 Å². The maximum atomic E-state index is 9.53. The molecule has 3 nitrogen and oxygen atoms in total. The Kier molecular flexibility index (Phi) is 5.71. The van der Waals surface area contributed by atoms with Crippen molar-refractivity contribution < 1.29 is 5.11 Å². The van der Waals surface area contributed by atoms with Crippen LogP contribution in [0, 0.1) is 5.92 Å². The van der Waals surface area contributed by atoms with E-state index in [1.807, 2.05) is 6.20 Å². The molecule has 0 aliphatic rings. The van der Waals surface area contributed by atoms with Crippen LogP contribution >= 0.6 is 15.9 Å². The third-order valence-corrected chi connectivity index (χ3v) is 2.93. The number of nitrogens with two attached hydrogens (primary N) is 1. The standard InChI is InChI=1S/C10H21BrN2O/c1-5-8(2)9(11)6-13(12)7-10(3,4)14/h6,8,14H,5,7,12H2,1-4H3/b9-6+. The number of hydrogen-bond donors (Lipinski definition) is 2. The van der Waals surface area contributed by atoms with Crippen LogP contribution < -0.4 is 5.84 Å². The maximum absolute atomic E-state index is 9.53. The lowest BCUT2D eigenvalue weighted by Gasteiger charge is -2.24. The first-order valence-corrected chi connectivity index (χ1v) is 5.66. The highest BCUT2D eigenvalue weighted by molar-refractivity contribution is 9.11. The molecule has 0 rings (SSSR count). The molecule has 0 aromatic rings. The quantitative estimate of drug-likeness (QED) is 0.592. The fourth-order valence-electron chi connectivity index (χ4n) is 0.973. The van der Waals surface area contributed by atoms with Crippen molar-refractivity contribution in [1.29, 1.82) is 0 Å². The summed E-state index contributed by atoms with van der Waals surface area (Å²) in [6.07, 6.45) is 2.89. The summed E-state index contributed by atoms with van der Waals surface area (Å²) in [6, 6.07) is 0. The highest BCUT2D eigenvalue weighted by atomic mass is 79.9. The molecule has 0 aromatic heterocycles. The summed E-state index contributed by atoms with van der Waals surface area (Å²) in [6.45, 7) is 8.13. The third kappa shape index (κ3) is 6.40. The van der Waals surface area contributed by atoms with E-state index in [0.717, 1.165) is 10.9 Å². The van der Waals surface area contributed by atoms with Crippen LogP contribution in [0.5, 0.6) is 0 Å². The number of allylic oxidation sites excluding steroid dienone is 1. The third-order valence-electron chi connectivity index (χ3n) is 1.94. The number of aliphatic hydroxyl groups is 1. The highest BCUT2D eigenvalue weighted by Gasteiger charge is 2.15. The molecular weight excluding hydrogens is 244 g/mol. The fourth-order valence-corrected chi connectivity index (χ4v) is 1.56. The Morgan fingerprint density at radius 1 is 1.64 bits per heavy atom. The zero-order valence-electron chi connectivity index (χ0n) is 9.42. The predicted molar refractivity (Wildman–Crippen MR) is 63.7 cm³/mol. The molecule has 0 saturated heterocycles. The van der Waals surface area contributed by atoms with Crippen molar-refractivity contribution in [3.05, 3.63) is 10.7 Å². The lowest BCUT2D eigenvalue weighted by atomic mass is 10.1. The summed E-state index contributed by atoms with van der Waals surface area (Å²) in [7, 11) is 0. The number of rotatable bonds is 5. The van der Waals surface area contributed by atoms with Gasteiger partial charge in [0.05, 0.1) is 12.1 Å². The minimum absolute atomic E-state index is 0.415. The average molecular weight is 265 g/mol. The summed E-state index contributed by atoms with van der Waals surface area (Å²) in [5.74, 6) is 6.18. The van der Waals surface area contributed by atoms with Crippen LogP contribution in [0.1, 0.15) is 34.1 Å². The van der Waals surface area contributed by atoms with E-state index in [1.54, 1.807) is 13.8 Å². The summed E-state index contributed by atoms with van der Waals surface area (Å²) in [5.41, 5.74) is -0.770. The molecule has 0 aliphatic carbocycles. The van der Waals surface area contributed by atoms with Gasteiger partial charge in [-0.3, -0.25) is 0 Å². The Bertz CT molecular complexity index is 199. The van der Waals surface area contributed by atoms with E-state index < -0.39 is 5.60 Å². The number of hydrazine groups is 1. The molecular formula is C10H21BrN2O. The predicted octanol–water partition coefficient (Wildman–Crippen LogP) is 2.22. The van der Waals surface area contributed by atoms with E-state index in [-0.39, 0.29) is 0 Å². The fraction of sp³-hybridized carbons (Fsp3) is 0.800. The zero-order chi connectivity index (χ0) is 11.4. The second-order valence-electron chi connectivity index (χ2n) is 4.31. The molecule has 0 amide bonds. The van der Waals surface area contributed by atoms with Crippen LogP contribution in [0.15, 0.2) is 10.7 Å². The Labute approximate surface area is 95.1 Å². The summed E-state index contributed by atoms with van der Waals surface area (Å²) >= 11 is 3.47. The molecule has 0 heterocycles. The molecule has 0 fully saturated rings. The lowest BCUT2D eigenvalue weighted by molar-refractivity contribution is 0.0504. The van der Waals surface area contributed by atoms with Crippen molar-refractivity contribution in [2.24, 2.45) is 11.8 Å². The van der Waals surface area contributed by atoms with Gasteiger partial charge in [-0.1, -0.05) is 29.8 Å². The molecule has 14 heavy (non-hydrogen) atoms. The molecule has 0 radical (unpaired) electrons. The maximum Gasteiger partial charge on any atom is 0.0781 e. The Balaban J connectivity index is 4.22. The van der Waals surface area contributed by atoms with Gasteiger partial charge in [0, 0.05) is 10.7 Å². The van der Waals surface area contributed by atoms with Gasteiger partial charge in [-0.15, -0.1) is 0 Å². The van der Waals surface area contributed by atoms with Gasteiger partial charge < -0.3 is 10.1 Å². The monoisotopic (exact) mass is 264 g/mol. The van der Waals surface area contributed by atoms with Crippen LogP contribution in [0.2, 0.25) is 0 Å². The molecule has 0 saturated carbocycles. The van der Waals surface area contributed by atoms with Crippen molar-refractivity contribution in [1.82, 2.24) is 5.01 Å². The van der Waals surface area contributed by atoms with Crippen LogP contribution in [0.4, 0.5) is 0 Å². The minimum atomic E-state index is -0.770. The first kappa shape index (κ1) is 13.9. The van der Waals surface area contributed by atoms with E-state index in [1.165, 1.54) is 5.01 Å². The average Bonchev–Trinajstić information content (AvgIpc) is 1.99. The van der Waals surface area contributed by atoms with Gasteiger partial charge in [-0.05, 0) is 26.2 Å². The zero-order valence-corrected chi connectivity index (χ0v) is 11.0. The van der Waals surface area contributed by atoms with Gasteiger partial charge in [0.2, 0.25) is 0 Å². The van der Waals surface area contributed by atoms with E-state index in [9.17, 15) is 5.11 Å². The van der Waals surface area contributed by atoms with Gasteiger partial charge in [-0.2, -0.15) is 0 Å². The molecule has 1 unspecified atom stereocenters. The molecule has 84 valence electrons. The number of halogens is 1. The highest BCUT2D eigenvalue weighted by Crippen LogP contribution is 2.20. The molecule has 3 N–H and O–H groups in total. The number of nitrogens with zero attached hydrogens (tertiary/aromatic N) is 1. The molecule has 1 atom stereocenters. The van der Waals surface area contributed by atoms with E-state index in [2.05, 4.69) is 29.8 Å². The Hall–Kier alpha value is -0.0600. The molecule has 0 bridgehead atoms. The first-order valence-electron chi connectivity index (χ1n) is 4.87. The van der Waals surface area contributed by atoms with E-state index in [0.29, 0.717) is 12.5 Å². The van der Waals surface area contributed by atoms with Crippen LogP contribution in [-0.4, -0.2) is 22.3 Å². The van der Waals surface area contributed by atoms with Gasteiger partial charge in [0.1, 0.15) is 0 Å². The van der Waals surface area contributed by atoms with Crippen molar-refractivity contribution >= 4 is 15.9 Å². The van der Waals surface area contributed by atoms with Crippen molar-refractivity contribution in [3.8, 4) is 0 Å². The second kappa shape index (κ2) is 5.73. The SMILES string of the molecule is CCC(C)/C(Br)=C\N(N)CC(C)(C)O. The lowest BCUT2D eigenvalue weighted by Crippen LogP contribution is -2.39. The normalized spacial score (nSPS) is 15.5. The number of hydrogen-bond acceptors (Lipinski definition) is 3. The molecule has 0 spiro atoms. The van der Waals surface area contributed by atoms with Gasteiger partial charge in [0.25, 0.3) is 0 Å². The second-order valence-corrected chi connectivity index (χ2v) is 5.22. The van der Waals surface area contributed by atoms with Crippen LogP contribution in [0.3, 0.4) is 0 Å². The summed E-state index contributed by atoms with van der Waals surface area (Å²) < 4.78 is 1.06. The van der Waals surface area contributed by atoms with Gasteiger partial charge in [0.15, 0.2) is 0 Å². The van der Waals surface area contributed by atoms with E-state index in [4.69, 9.17) is 5.84 Å². The molecule has 0 aromatic carbocycles. The van der Waals surface area contributed by atoms with Gasteiger partial charge >= 0.3 is 0 Å². The topological polar surface area (TPSA) is 49.5 Å². The molecule has 4 heteroatoms. The Morgan fingerprint density at radius 3 is 2.50 bits per heavy atom.